The number of nitrogens with one attached hydrogen (secondary N) is 5. The minimum Gasteiger partial charge on any atom is -0.360 e. The van der Waals surface area contributed by atoms with E-state index in [2.05, 4.69) is 78.5 Å². The van der Waals surface area contributed by atoms with Crippen LogP contribution in [-0.2, 0) is 4.94 Å². The quantitative estimate of drug-likeness (QED) is 0.118. The molecule has 0 amide bonds. The average Bonchev–Trinajstić information content (AvgIpc) is 2.96. The Labute approximate surface area is 241 Å². The minimum atomic E-state index is 0.116. The summed E-state index contributed by atoms with van der Waals surface area (Å²) in [6, 6.07) is 26.3. The van der Waals surface area contributed by atoms with Gasteiger partial charge in [0.1, 0.15) is 0 Å². The third kappa shape index (κ3) is 7.72. The Bertz CT molecular complexity index is 1560. The molecule has 210 valence electrons. The Hall–Kier alpha value is -4.66. The molecule has 0 saturated carbocycles. The van der Waals surface area contributed by atoms with Gasteiger partial charge in [0.15, 0.2) is 11.6 Å². The molecule has 8 heteroatoms. The number of hydrogen-bond donors (Lipinski definition) is 5. The second-order valence-electron chi connectivity index (χ2n) is 10.4. The van der Waals surface area contributed by atoms with Gasteiger partial charge in [0.05, 0.1) is 22.8 Å². The van der Waals surface area contributed by atoms with Gasteiger partial charge in [-0.15, -0.1) is 0 Å². The van der Waals surface area contributed by atoms with Gasteiger partial charge in [-0.2, -0.15) is 4.94 Å². The van der Waals surface area contributed by atoms with Crippen molar-refractivity contribution >= 4 is 34.0 Å². The van der Waals surface area contributed by atoms with E-state index in [1.165, 1.54) is 16.7 Å². The maximum absolute atomic E-state index is 5.68. The van der Waals surface area contributed by atoms with Crippen molar-refractivity contribution in [1.82, 2.24) is 15.3 Å². The molecule has 1 aliphatic carbocycles. The molecule has 3 aromatic carbocycles. The fourth-order valence-electron chi connectivity index (χ4n) is 4.84. The molecule has 1 heterocycles. The summed E-state index contributed by atoms with van der Waals surface area (Å²) in [5.41, 5.74) is 13.8. The molecule has 2 unspecified atom stereocenters. The summed E-state index contributed by atoms with van der Waals surface area (Å²) in [4.78, 5) is 15.3. The van der Waals surface area contributed by atoms with Crippen LogP contribution in [0.3, 0.4) is 0 Å². The zero-order chi connectivity index (χ0) is 28.6. The maximum atomic E-state index is 5.68. The molecule has 2 atom stereocenters. The van der Waals surface area contributed by atoms with E-state index in [4.69, 9.17) is 14.9 Å². The molecule has 8 nitrogen and oxygen atoms in total. The molecule has 0 radical (unpaired) electrons. The van der Waals surface area contributed by atoms with E-state index in [1.54, 1.807) is 0 Å². The summed E-state index contributed by atoms with van der Waals surface area (Å²) >= 11 is 0. The highest BCUT2D eigenvalue weighted by molar-refractivity contribution is 5.80. The number of aromatic nitrogens is 2. The van der Waals surface area contributed by atoms with Gasteiger partial charge in [0, 0.05) is 24.0 Å². The van der Waals surface area contributed by atoms with Crippen LogP contribution in [0.25, 0.3) is 11.0 Å². The fraction of sp³-hybridized carbons (Fsp3) is 0.212. The second-order valence-corrected chi connectivity index (χ2v) is 10.4. The van der Waals surface area contributed by atoms with Gasteiger partial charge >= 0.3 is 0 Å². The lowest BCUT2D eigenvalue weighted by Gasteiger charge is -2.22. The number of hydrogen-bond acceptors (Lipinski definition) is 8. The Morgan fingerprint density at radius 1 is 0.902 bits per heavy atom. The van der Waals surface area contributed by atoms with Gasteiger partial charge in [0.2, 0.25) is 0 Å². The van der Waals surface area contributed by atoms with Crippen molar-refractivity contribution in [3.8, 4) is 0 Å². The van der Waals surface area contributed by atoms with Crippen LogP contribution in [-0.4, -0.2) is 22.6 Å². The van der Waals surface area contributed by atoms with E-state index in [9.17, 15) is 0 Å². The van der Waals surface area contributed by atoms with Crippen molar-refractivity contribution in [1.29, 1.82) is 0 Å². The van der Waals surface area contributed by atoms with Crippen molar-refractivity contribution < 1.29 is 4.94 Å². The SMILES string of the molecule is C=C(CNC(C)c1ccccc1)Nc1cccc(NONc2nc3ccccc3nc2NC2C=C(C)C=C(C)C2)c1. The zero-order valence-electron chi connectivity index (χ0n) is 23.7. The van der Waals surface area contributed by atoms with E-state index in [-0.39, 0.29) is 12.1 Å². The molecule has 0 aliphatic heterocycles. The third-order valence-corrected chi connectivity index (χ3v) is 6.79. The summed E-state index contributed by atoms with van der Waals surface area (Å²) in [6.07, 6.45) is 5.31. The Kier molecular flexibility index (Phi) is 8.93. The van der Waals surface area contributed by atoms with E-state index >= 15 is 0 Å². The zero-order valence-corrected chi connectivity index (χ0v) is 23.7. The topological polar surface area (TPSA) is 95.2 Å². The van der Waals surface area contributed by atoms with Crippen molar-refractivity contribution in [2.45, 2.75) is 39.3 Å². The van der Waals surface area contributed by atoms with Gasteiger partial charge < -0.3 is 16.0 Å². The van der Waals surface area contributed by atoms with Crippen molar-refractivity contribution in [2.24, 2.45) is 0 Å². The van der Waals surface area contributed by atoms with Crippen LogP contribution in [0.2, 0.25) is 0 Å². The van der Waals surface area contributed by atoms with E-state index in [0.717, 1.165) is 34.5 Å². The highest BCUT2D eigenvalue weighted by atomic mass is 16.8. The Morgan fingerprint density at radius 2 is 1.61 bits per heavy atom. The van der Waals surface area contributed by atoms with Crippen LogP contribution in [0.5, 0.6) is 0 Å². The van der Waals surface area contributed by atoms with Gasteiger partial charge in [0.25, 0.3) is 0 Å². The van der Waals surface area contributed by atoms with Crippen LogP contribution >= 0.6 is 0 Å². The van der Waals surface area contributed by atoms with Gasteiger partial charge in [-0.25, -0.2) is 20.9 Å². The lowest BCUT2D eigenvalue weighted by molar-refractivity contribution is 0.263. The van der Waals surface area contributed by atoms with Crippen LogP contribution in [0.1, 0.15) is 38.8 Å². The monoisotopic (exact) mass is 547 g/mol. The van der Waals surface area contributed by atoms with Crippen LogP contribution in [0, 0.1) is 0 Å². The molecular formula is C33H37N7O. The van der Waals surface area contributed by atoms with Crippen LogP contribution < -0.4 is 26.9 Å². The molecule has 5 rings (SSSR count). The van der Waals surface area contributed by atoms with Crippen LogP contribution in [0.15, 0.2) is 114 Å². The van der Waals surface area contributed by atoms with Gasteiger partial charge in [-0.1, -0.05) is 78.4 Å². The lowest BCUT2D eigenvalue weighted by atomic mass is 9.97. The normalized spacial score (nSPS) is 15.4. The largest absolute Gasteiger partial charge is 0.360 e. The molecule has 0 saturated heterocycles. The number of benzene rings is 3. The first kappa shape index (κ1) is 27.9. The van der Waals surface area contributed by atoms with Crippen molar-refractivity contribution in [2.75, 3.05) is 28.1 Å². The molecule has 4 aromatic rings. The molecule has 1 aromatic heterocycles. The van der Waals surface area contributed by atoms with Gasteiger partial charge in [-0.05, 0) is 63.1 Å². The number of allylic oxidation sites excluding steroid dienone is 2. The number of anilines is 4. The molecule has 41 heavy (non-hydrogen) atoms. The number of rotatable bonds is 12. The fourth-order valence-corrected chi connectivity index (χ4v) is 4.84. The smallest absolute Gasteiger partial charge is 0.195 e. The van der Waals surface area contributed by atoms with E-state index < -0.39 is 0 Å². The first-order valence-electron chi connectivity index (χ1n) is 13.8. The van der Waals surface area contributed by atoms with Crippen molar-refractivity contribution in [3.05, 3.63) is 120 Å². The standard InChI is InChI=1S/C33H37N7O/c1-22-17-23(2)19-29(18-22)36-32-33(38-31-16-9-8-15-30(31)37-32)40-41-39-28-14-10-13-27(20-28)35-24(3)21-34-25(4)26-11-6-5-7-12-26/h5-18,20,25,29,34-35,39H,3,19,21H2,1-2,4H3,(H,36,37)(H,38,40). The first-order valence-corrected chi connectivity index (χ1v) is 13.8. The third-order valence-electron chi connectivity index (χ3n) is 6.79. The van der Waals surface area contributed by atoms with Gasteiger partial charge in [-0.3, -0.25) is 0 Å². The first-order chi connectivity index (χ1) is 19.9. The Morgan fingerprint density at radius 3 is 2.37 bits per heavy atom. The number of fused-ring (bicyclic) bond motifs is 1. The highest BCUT2D eigenvalue weighted by Crippen LogP contribution is 2.26. The number of para-hydroxylation sites is 2. The van der Waals surface area contributed by atoms with E-state index in [0.29, 0.717) is 18.2 Å². The summed E-state index contributed by atoms with van der Waals surface area (Å²) in [6.45, 7) is 11.2. The molecule has 0 spiro atoms. The Balaban J connectivity index is 1.19. The predicted octanol–water partition coefficient (Wildman–Crippen LogP) is 7.35. The lowest BCUT2D eigenvalue weighted by Crippen LogP contribution is -2.23. The summed E-state index contributed by atoms with van der Waals surface area (Å²) in [5.74, 6) is 1.12. The summed E-state index contributed by atoms with van der Waals surface area (Å²) in [7, 11) is 0. The predicted molar refractivity (Wildman–Crippen MR) is 169 cm³/mol. The summed E-state index contributed by atoms with van der Waals surface area (Å²) < 4.78 is 0. The molecule has 0 bridgehead atoms. The molecular weight excluding hydrogens is 510 g/mol. The highest BCUT2D eigenvalue weighted by Gasteiger charge is 2.16. The maximum Gasteiger partial charge on any atom is 0.195 e. The number of nitrogens with zero attached hydrogens (tertiary/aromatic N) is 2. The molecule has 0 fully saturated rings. The summed E-state index contributed by atoms with van der Waals surface area (Å²) in [5, 5.41) is 10.4. The van der Waals surface area contributed by atoms with Crippen LogP contribution in [0.4, 0.5) is 23.0 Å². The minimum absolute atomic E-state index is 0.116. The average molecular weight is 548 g/mol. The van der Waals surface area contributed by atoms with E-state index in [1.807, 2.05) is 66.7 Å². The molecule has 1 aliphatic rings. The molecule has 5 N–H and O–H groups in total. The van der Waals surface area contributed by atoms with Crippen molar-refractivity contribution in [3.63, 3.8) is 0 Å². The second kappa shape index (κ2) is 13.1.